The Kier molecular flexibility index (Phi) is 12.5. The van der Waals surface area contributed by atoms with E-state index < -0.39 is 52.2 Å². The normalized spacial score (nSPS) is 17.8. The standard InChI is InChI=1S/C34H49N5O6S/c1-9-25(35-27(40)20-45-24-17-13-16-23(19-24)38(7)8)30(42)36-26(18-22-14-11-10-12-15-22)28(41)32(44)39-21-46-34(5,6)29(39)31(43)37-33(2,3)4/h10-17,19,25-26,28-29,41H,9,18,20-21H2,1-8H3,(H,35,40)(H,36,42)(H,37,43)/t25-,26-,28-,29-/m0/s1. The van der Waals surface area contributed by atoms with Crippen LogP contribution in [-0.4, -0.2) is 94.7 Å². The van der Waals surface area contributed by atoms with Crippen molar-refractivity contribution in [3.8, 4) is 5.75 Å². The number of nitrogens with one attached hydrogen (secondary N) is 3. The van der Waals surface area contributed by atoms with Crippen LogP contribution < -0.4 is 25.6 Å². The third-order valence-electron chi connectivity index (χ3n) is 7.60. The van der Waals surface area contributed by atoms with E-state index in [1.807, 2.05) is 96.1 Å². The number of aliphatic hydroxyl groups is 1. The molecule has 3 rings (SSSR count). The summed E-state index contributed by atoms with van der Waals surface area (Å²) in [5, 5.41) is 20.0. The molecule has 0 saturated carbocycles. The number of ether oxygens (including phenoxy) is 1. The summed E-state index contributed by atoms with van der Waals surface area (Å²) >= 11 is 1.45. The Balaban J connectivity index is 1.75. The third-order valence-corrected chi connectivity index (χ3v) is 8.97. The van der Waals surface area contributed by atoms with Gasteiger partial charge in [-0.1, -0.05) is 43.3 Å². The number of carbonyl (C=O) groups is 4. The van der Waals surface area contributed by atoms with Gasteiger partial charge in [0.25, 0.3) is 11.8 Å². The molecule has 1 fully saturated rings. The summed E-state index contributed by atoms with van der Waals surface area (Å²) in [5.41, 5.74) is 1.19. The van der Waals surface area contributed by atoms with Gasteiger partial charge >= 0.3 is 0 Å². The molecule has 0 spiro atoms. The van der Waals surface area contributed by atoms with Gasteiger partial charge in [0.05, 0.1) is 11.9 Å². The first-order valence-electron chi connectivity index (χ1n) is 15.5. The summed E-state index contributed by atoms with van der Waals surface area (Å²) in [6.07, 6.45) is -1.23. The van der Waals surface area contributed by atoms with Crippen molar-refractivity contribution in [2.45, 2.75) is 88.9 Å². The smallest absolute Gasteiger partial charge is 0.258 e. The molecule has 11 nitrogen and oxygen atoms in total. The lowest BCUT2D eigenvalue weighted by molar-refractivity contribution is -0.148. The largest absolute Gasteiger partial charge is 0.484 e. The first-order chi connectivity index (χ1) is 21.5. The van der Waals surface area contributed by atoms with Gasteiger partial charge in [-0.25, -0.2) is 0 Å². The minimum atomic E-state index is -1.65. The highest BCUT2D eigenvalue weighted by atomic mass is 32.2. The van der Waals surface area contributed by atoms with Gasteiger partial charge in [0, 0.05) is 36.1 Å². The fraction of sp³-hybridized carbons (Fsp3) is 0.529. The third kappa shape index (κ3) is 10.1. The van der Waals surface area contributed by atoms with Crippen LogP contribution in [0.25, 0.3) is 0 Å². The molecule has 0 radical (unpaired) electrons. The summed E-state index contributed by atoms with van der Waals surface area (Å²) < 4.78 is 5.05. The summed E-state index contributed by atoms with van der Waals surface area (Å²) in [5.74, 6) is -1.27. The molecule has 4 N–H and O–H groups in total. The molecule has 1 saturated heterocycles. The highest BCUT2D eigenvalue weighted by Crippen LogP contribution is 2.40. The topological polar surface area (TPSA) is 140 Å². The fourth-order valence-electron chi connectivity index (χ4n) is 5.18. The van der Waals surface area contributed by atoms with Crippen LogP contribution >= 0.6 is 11.8 Å². The van der Waals surface area contributed by atoms with E-state index in [4.69, 9.17) is 4.74 Å². The van der Waals surface area contributed by atoms with Crippen molar-refractivity contribution in [1.82, 2.24) is 20.9 Å². The van der Waals surface area contributed by atoms with Crippen LogP contribution in [0.15, 0.2) is 54.6 Å². The number of anilines is 1. The molecule has 252 valence electrons. The first-order valence-corrected chi connectivity index (χ1v) is 16.5. The molecule has 0 unspecified atom stereocenters. The van der Waals surface area contributed by atoms with Crippen LogP contribution in [0, 0.1) is 0 Å². The number of thioether (sulfide) groups is 1. The summed E-state index contributed by atoms with van der Waals surface area (Å²) in [4.78, 5) is 56.8. The molecule has 0 aliphatic carbocycles. The Morgan fingerprint density at radius 2 is 1.74 bits per heavy atom. The highest BCUT2D eigenvalue weighted by Gasteiger charge is 2.50. The van der Waals surface area contributed by atoms with Crippen molar-refractivity contribution in [1.29, 1.82) is 0 Å². The number of rotatable bonds is 13. The van der Waals surface area contributed by atoms with Crippen LogP contribution in [0.2, 0.25) is 0 Å². The lowest BCUT2D eigenvalue weighted by Gasteiger charge is -2.35. The van der Waals surface area contributed by atoms with Gasteiger partial charge in [-0.3, -0.25) is 19.2 Å². The molecular weight excluding hydrogens is 606 g/mol. The number of hydrogen-bond donors (Lipinski definition) is 4. The van der Waals surface area contributed by atoms with Crippen LogP contribution in [0.3, 0.4) is 0 Å². The van der Waals surface area contributed by atoms with Crippen molar-refractivity contribution < 1.29 is 29.0 Å². The quantitative estimate of drug-likeness (QED) is 0.258. The zero-order valence-electron chi connectivity index (χ0n) is 28.1. The van der Waals surface area contributed by atoms with Crippen molar-refractivity contribution >= 4 is 41.1 Å². The van der Waals surface area contributed by atoms with Gasteiger partial charge in [0.1, 0.15) is 17.8 Å². The van der Waals surface area contributed by atoms with Gasteiger partial charge in [-0.2, -0.15) is 0 Å². The Morgan fingerprint density at radius 3 is 2.35 bits per heavy atom. The second-order valence-corrected chi connectivity index (χ2v) is 14.9. The maximum absolute atomic E-state index is 13.9. The molecule has 2 aromatic carbocycles. The van der Waals surface area contributed by atoms with Gasteiger partial charge in [-0.15, -0.1) is 11.8 Å². The summed E-state index contributed by atoms with van der Waals surface area (Å²) in [6, 6.07) is 13.7. The van der Waals surface area contributed by atoms with Crippen molar-refractivity contribution in [2.24, 2.45) is 0 Å². The molecule has 2 aromatic rings. The summed E-state index contributed by atoms with van der Waals surface area (Å²) in [7, 11) is 3.80. The van der Waals surface area contributed by atoms with E-state index in [1.165, 1.54) is 16.7 Å². The van der Waals surface area contributed by atoms with Crippen molar-refractivity contribution in [3.63, 3.8) is 0 Å². The number of nitrogens with zero attached hydrogens (tertiary/aromatic N) is 2. The molecule has 4 amide bonds. The Morgan fingerprint density at radius 1 is 1.07 bits per heavy atom. The van der Waals surface area contributed by atoms with E-state index in [1.54, 1.807) is 19.1 Å². The van der Waals surface area contributed by atoms with Gasteiger partial charge in [0.2, 0.25) is 11.8 Å². The molecule has 1 aliphatic rings. The van der Waals surface area contributed by atoms with E-state index >= 15 is 0 Å². The highest BCUT2D eigenvalue weighted by molar-refractivity contribution is 8.00. The average Bonchev–Trinajstić information content (AvgIpc) is 3.32. The molecule has 1 heterocycles. The zero-order chi connectivity index (χ0) is 34.2. The Labute approximate surface area is 276 Å². The van der Waals surface area contributed by atoms with E-state index in [-0.39, 0.29) is 31.2 Å². The predicted octanol–water partition coefficient (Wildman–Crippen LogP) is 2.71. The van der Waals surface area contributed by atoms with Crippen LogP contribution in [-0.2, 0) is 25.6 Å². The van der Waals surface area contributed by atoms with Gasteiger partial charge in [0.15, 0.2) is 12.7 Å². The predicted molar refractivity (Wildman–Crippen MR) is 182 cm³/mol. The molecule has 0 aromatic heterocycles. The molecule has 1 aliphatic heterocycles. The zero-order valence-corrected chi connectivity index (χ0v) is 28.9. The van der Waals surface area contributed by atoms with Gasteiger partial charge < -0.3 is 35.6 Å². The van der Waals surface area contributed by atoms with Crippen molar-refractivity contribution in [3.05, 3.63) is 60.2 Å². The molecule has 46 heavy (non-hydrogen) atoms. The molecule has 4 atom stereocenters. The maximum Gasteiger partial charge on any atom is 0.258 e. The van der Waals surface area contributed by atoms with Crippen LogP contribution in [0.5, 0.6) is 5.75 Å². The number of amides is 4. The first kappa shape index (κ1) is 36.7. The Bertz CT molecular complexity index is 1360. The second kappa shape index (κ2) is 15.7. The lowest BCUT2D eigenvalue weighted by atomic mass is 9.96. The molecule has 12 heteroatoms. The van der Waals surface area contributed by atoms with Crippen LogP contribution in [0.1, 0.15) is 53.5 Å². The summed E-state index contributed by atoms with van der Waals surface area (Å²) in [6.45, 7) is 10.8. The number of hydrogen-bond acceptors (Lipinski definition) is 8. The molecule has 0 bridgehead atoms. The number of carbonyl (C=O) groups excluding carboxylic acids is 4. The van der Waals surface area contributed by atoms with Crippen LogP contribution in [0.4, 0.5) is 5.69 Å². The maximum atomic E-state index is 13.9. The van der Waals surface area contributed by atoms with Gasteiger partial charge in [-0.05, 0) is 65.2 Å². The lowest BCUT2D eigenvalue weighted by Crippen LogP contribution is -2.61. The minimum absolute atomic E-state index is 0.151. The second-order valence-electron chi connectivity index (χ2n) is 13.3. The number of aliphatic hydroxyl groups excluding tert-OH is 1. The van der Waals surface area contributed by atoms with E-state index in [0.29, 0.717) is 5.75 Å². The monoisotopic (exact) mass is 655 g/mol. The molecular formula is C34H49N5O6S. The SMILES string of the molecule is CC[C@H](NC(=O)COc1cccc(N(C)C)c1)C(=O)N[C@@H](Cc1ccccc1)[C@H](O)C(=O)N1CSC(C)(C)[C@@H]1C(=O)NC(C)(C)C. The Hall–Kier alpha value is -3.77. The average molecular weight is 656 g/mol. The fourth-order valence-corrected chi connectivity index (χ4v) is 6.32. The minimum Gasteiger partial charge on any atom is -0.484 e. The number of benzene rings is 2. The van der Waals surface area contributed by atoms with Crippen molar-refractivity contribution in [2.75, 3.05) is 31.5 Å². The van der Waals surface area contributed by atoms with E-state index in [9.17, 15) is 24.3 Å². The van der Waals surface area contributed by atoms with E-state index in [2.05, 4.69) is 16.0 Å². The van der Waals surface area contributed by atoms with E-state index in [0.717, 1.165) is 11.3 Å².